The average Bonchev–Trinajstić information content (AvgIpc) is 2.47. The molecule has 2 rings (SSSR count). The molecule has 0 aliphatic rings. The number of aromatic nitrogens is 3. The van der Waals surface area contributed by atoms with Crippen LogP contribution in [0, 0.1) is 12.8 Å². The number of rotatable bonds is 7. The Morgan fingerprint density at radius 1 is 1.10 bits per heavy atom. The van der Waals surface area contributed by atoms with Gasteiger partial charge in [0.1, 0.15) is 0 Å². The molecule has 5 heteroatoms. The Bertz CT molecular complexity index is 551. The fraction of sp³-hybridized carbons (Fsp3) is 0.438. The van der Waals surface area contributed by atoms with E-state index in [9.17, 15) is 0 Å². The molecule has 0 saturated heterocycles. The van der Waals surface area contributed by atoms with Crippen molar-refractivity contribution >= 4 is 11.8 Å². The summed E-state index contributed by atoms with van der Waals surface area (Å²) in [5.41, 5.74) is 2.48. The van der Waals surface area contributed by atoms with Crippen LogP contribution >= 0.6 is 0 Å². The summed E-state index contributed by atoms with van der Waals surface area (Å²) < 4.78 is 0. The van der Waals surface area contributed by atoms with Crippen LogP contribution in [0.3, 0.4) is 0 Å². The molecule has 5 nitrogen and oxygen atoms in total. The van der Waals surface area contributed by atoms with E-state index in [4.69, 9.17) is 0 Å². The second-order valence-corrected chi connectivity index (χ2v) is 5.61. The van der Waals surface area contributed by atoms with Gasteiger partial charge < -0.3 is 10.6 Å². The van der Waals surface area contributed by atoms with E-state index in [0.717, 1.165) is 25.3 Å². The molecule has 2 aromatic rings. The van der Waals surface area contributed by atoms with E-state index in [1.54, 1.807) is 6.20 Å². The monoisotopic (exact) mass is 285 g/mol. The maximum Gasteiger partial charge on any atom is 0.244 e. The lowest BCUT2D eigenvalue weighted by Gasteiger charge is -2.09. The molecule has 2 N–H and O–H groups in total. The van der Waals surface area contributed by atoms with Gasteiger partial charge in [-0.05, 0) is 24.8 Å². The maximum atomic E-state index is 4.41. The van der Waals surface area contributed by atoms with Gasteiger partial charge in [0.25, 0.3) is 0 Å². The lowest BCUT2D eigenvalue weighted by Crippen LogP contribution is -2.10. The molecule has 0 aliphatic carbocycles. The second kappa shape index (κ2) is 7.57. The van der Waals surface area contributed by atoms with Gasteiger partial charge in [0, 0.05) is 13.1 Å². The predicted octanol–water partition coefficient (Wildman–Crippen LogP) is 3.25. The lowest BCUT2D eigenvalue weighted by atomic mass is 10.1. The molecule has 0 atom stereocenters. The highest BCUT2D eigenvalue weighted by Gasteiger charge is 2.01. The highest BCUT2D eigenvalue weighted by molar-refractivity contribution is 5.38. The number of hydrogen-bond acceptors (Lipinski definition) is 5. The molecule has 0 spiro atoms. The van der Waals surface area contributed by atoms with Crippen molar-refractivity contribution in [3.05, 3.63) is 41.6 Å². The van der Waals surface area contributed by atoms with Gasteiger partial charge in [-0.2, -0.15) is 10.1 Å². The summed E-state index contributed by atoms with van der Waals surface area (Å²) in [5, 5.41) is 14.4. The minimum Gasteiger partial charge on any atom is -0.365 e. The van der Waals surface area contributed by atoms with Gasteiger partial charge in [0.05, 0.1) is 6.20 Å². The SMILES string of the molecule is Cc1ccc(CNc2cnnc(NCCC(C)C)n2)cc1. The summed E-state index contributed by atoms with van der Waals surface area (Å²) in [5.74, 6) is 1.97. The van der Waals surface area contributed by atoms with E-state index in [2.05, 4.69) is 70.9 Å². The van der Waals surface area contributed by atoms with Crippen molar-refractivity contribution in [1.29, 1.82) is 0 Å². The fourth-order valence-corrected chi connectivity index (χ4v) is 1.83. The number of hydrogen-bond donors (Lipinski definition) is 2. The number of aryl methyl sites for hydroxylation is 1. The molecule has 0 amide bonds. The third-order valence-electron chi connectivity index (χ3n) is 3.16. The molecule has 1 heterocycles. The minimum atomic E-state index is 0.574. The Kier molecular flexibility index (Phi) is 5.49. The normalized spacial score (nSPS) is 10.7. The first-order valence-corrected chi connectivity index (χ1v) is 7.36. The van der Waals surface area contributed by atoms with Crippen molar-refractivity contribution in [3.8, 4) is 0 Å². The van der Waals surface area contributed by atoms with E-state index >= 15 is 0 Å². The van der Waals surface area contributed by atoms with Gasteiger partial charge in [0.15, 0.2) is 5.82 Å². The van der Waals surface area contributed by atoms with Gasteiger partial charge in [-0.25, -0.2) is 0 Å². The van der Waals surface area contributed by atoms with Crippen molar-refractivity contribution in [2.24, 2.45) is 5.92 Å². The summed E-state index contributed by atoms with van der Waals surface area (Å²) in [4.78, 5) is 4.41. The van der Waals surface area contributed by atoms with Crippen molar-refractivity contribution in [2.45, 2.75) is 33.7 Å². The Morgan fingerprint density at radius 3 is 2.57 bits per heavy atom. The number of nitrogens with zero attached hydrogens (tertiary/aromatic N) is 3. The largest absolute Gasteiger partial charge is 0.365 e. The average molecular weight is 285 g/mol. The minimum absolute atomic E-state index is 0.574. The third-order valence-corrected chi connectivity index (χ3v) is 3.16. The molecule has 112 valence electrons. The van der Waals surface area contributed by atoms with Gasteiger partial charge >= 0.3 is 0 Å². The highest BCUT2D eigenvalue weighted by atomic mass is 15.3. The molecule has 21 heavy (non-hydrogen) atoms. The molecule has 0 bridgehead atoms. The Morgan fingerprint density at radius 2 is 1.86 bits per heavy atom. The smallest absolute Gasteiger partial charge is 0.244 e. The van der Waals surface area contributed by atoms with Gasteiger partial charge in [-0.1, -0.05) is 43.7 Å². The van der Waals surface area contributed by atoms with E-state index in [0.29, 0.717) is 11.9 Å². The van der Waals surface area contributed by atoms with Crippen LogP contribution in [-0.4, -0.2) is 21.7 Å². The van der Waals surface area contributed by atoms with E-state index < -0.39 is 0 Å². The topological polar surface area (TPSA) is 62.7 Å². The molecule has 0 radical (unpaired) electrons. The first kappa shape index (κ1) is 15.2. The van der Waals surface area contributed by atoms with Gasteiger partial charge in [-0.15, -0.1) is 5.10 Å². The lowest BCUT2D eigenvalue weighted by molar-refractivity contribution is 0.605. The molecule has 0 unspecified atom stereocenters. The van der Waals surface area contributed by atoms with Gasteiger partial charge in [0.2, 0.25) is 5.95 Å². The summed E-state index contributed by atoms with van der Waals surface area (Å²) in [6.07, 6.45) is 2.73. The van der Waals surface area contributed by atoms with Crippen molar-refractivity contribution < 1.29 is 0 Å². The van der Waals surface area contributed by atoms with Crippen LogP contribution in [0.1, 0.15) is 31.4 Å². The summed E-state index contributed by atoms with van der Waals surface area (Å²) in [6.45, 7) is 8.06. The van der Waals surface area contributed by atoms with Crippen molar-refractivity contribution in [2.75, 3.05) is 17.2 Å². The zero-order valence-corrected chi connectivity index (χ0v) is 12.9. The standard InChI is InChI=1S/C16H23N5/c1-12(2)8-9-17-16-20-15(11-19-21-16)18-10-14-6-4-13(3)5-7-14/h4-7,11-12H,8-10H2,1-3H3,(H2,17,18,20,21). The predicted molar refractivity (Wildman–Crippen MR) is 86.3 cm³/mol. The van der Waals surface area contributed by atoms with Crippen LogP contribution in [0.5, 0.6) is 0 Å². The summed E-state index contributed by atoms with van der Waals surface area (Å²) >= 11 is 0. The van der Waals surface area contributed by atoms with Crippen LogP contribution in [-0.2, 0) is 6.54 Å². The van der Waals surface area contributed by atoms with E-state index in [1.165, 1.54) is 11.1 Å². The Labute approximate surface area is 126 Å². The van der Waals surface area contributed by atoms with Crippen LogP contribution < -0.4 is 10.6 Å². The summed E-state index contributed by atoms with van der Waals surface area (Å²) in [7, 11) is 0. The number of anilines is 2. The number of benzene rings is 1. The fourth-order valence-electron chi connectivity index (χ4n) is 1.83. The molecule has 1 aromatic carbocycles. The Hall–Kier alpha value is -2.17. The second-order valence-electron chi connectivity index (χ2n) is 5.61. The molecule has 1 aromatic heterocycles. The third kappa shape index (κ3) is 5.38. The van der Waals surface area contributed by atoms with E-state index in [1.807, 2.05) is 0 Å². The zero-order valence-electron chi connectivity index (χ0n) is 12.9. The van der Waals surface area contributed by atoms with Crippen LogP contribution in [0.15, 0.2) is 30.5 Å². The van der Waals surface area contributed by atoms with Crippen LogP contribution in [0.25, 0.3) is 0 Å². The van der Waals surface area contributed by atoms with Crippen LogP contribution in [0.4, 0.5) is 11.8 Å². The molecular formula is C16H23N5. The van der Waals surface area contributed by atoms with Gasteiger partial charge in [-0.3, -0.25) is 0 Å². The quantitative estimate of drug-likeness (QED) is 0.817. The highest BCUT2D eigenvalue weighted by Crippen LogP contribution is 2.08. The molecule has 0 fully saturated rings. The zero-order chi connectivity index (χ0) is 15.1. The maximum absolute atomic E-state index is 4.41. The number of nitrogens with one attached hydrogen (secondary N) is 2. The van der Waals surface area contributed by atoms with Crippen molar-refractivity contribution in [3.63, 3.8) is 0 Å². The molecule has 0 saturated carbocycles. The van der Waals surface area contributed by atoms with E-state index in [-0.39, 0.29) is 0 Å². The van der Waals surface area contributed by atoms with Crippen LogP contribution in [0.2, 0.25) is 0 Å². The Balaban J connectivity index is 1.87. The summed E-state index contributed by atoms with van der Waals surface area (Å²) in [6, 6.07) is 8.43. The first-order valence-electron chi connectivity index (χ1n) is 7.36. The first-order chi connectivity index (χ1) is 10.1. The molecular weight excluding hydrogens is 262 g/mol. The van der Waals surface area contributed by atoms with Crippen molar-refractivity contribution in [1.82, 2.24) is 15.2 Å². The molecule has 0 aliphatic heterocycles.